The van der Waals surface area contributed by atoms with Gasteiger partial charge in [0.05, 0.1) is 0 Å². The molecular formula is C13H24. The monoisotopic (exact) mass is 180 g/mol. The molecule has 0 spiro atoms. The summed E-state index contributed by atoms with van der Waals surface area (Å²) >= 11 is 0. The smallest absolute Gasteiger partial charge is 0.0292 e. The summed E-state index contributed by atoms with van der Waals surface area (Å²) in [6.45, 7) is 12.2. The minimum Gasteiger partial charge on any atom is -0.0649 e. The van der Waals surface area contributed by atoms with Crippen molar-refractivity contribution in [3.05, 3.63) is 0 Å². The van der Waals surface area contributed by atoms with E-state index < -0.39 is 0 Å². The van der Waals surface area contributed by atoms with E-state index in [1.807, 2.05) is 0 Å². The van der Waals surface area contributed by atoms with Crippen LogP contribution in [0.15, 0.2) is 0 Å². The third-order valence-corrected chi connectivity index (χ3v) is 5.38. The van der Waals surface area contributed by atoms with E-state index in [2.05, 4.69) is 34.6 Å². The van der Waals surface area contributed by atoms with Crippen molar-refractivity contribution in [1.29, 1.82) is 0 Å². The third kappa shape index (κ3) is 1.25. The fourth-order valence-electron chi connectivity index (χ4n) is 3.43. The summed E-state index contributed by atoms with van der Waals surface area (Å²) in [6.07, 6.45) is 4.37. The molecule has 0 radical (unpaired) electrons. The average molecular weight is 180 g/mol. The highest BCUT2D eigenvalue weighted by atomic mass is 14.7. The Morgan fingerprint density at radius 3 is 2.00 bits per heavy atom. The Morgan fingerprint density at radius 1 is 1.15 bits per heavy atom. The molecule has 2 aliphatic rings. The van der Waals surface area contributed by atoms with E-state index in [4.69, 9.17) is 0 Å². The zero-order chi connectivity index (χ0) is 9.85. The molecule has 3 atom stereocenters. The summed E-state index contributed by atoms with van der Waals surface area (Å²) in [5, 5.41) is 0. The molecule has 2 aliphatic carbocycles. The second-order valence-corrected chi connectivity index (χ2v) is 6.54. The molecule has 2 saturated carbocycles. The summed E-state index contributed by atoms with van der Waals surface area (Å²) in [5.41, 5.74) is 1.31. The molecule has 1 unspecified atom stereocenters. The van der Waals surface area contributed by atoms with Gasteiger partial charge in [0, 0.05) is 0 Å². The lowest BCUT2D eigenvalue weighted by Crippen LogP contribution is -2.23. The minimum atomic E-state index is 0.601. The SMILES string of the molecule is CCC(C)(C)C1C[C@@H]2[C@H](C1)C2(C)C. The number of rotatable bonds is 2. The van der Waals surface area contributed by atoms with Crippen molar-refractivity contribution in [3.8, 4) is 0 Å². The maximum atomic E-state index is 2.46. The van der Waals surface area contributed by atoms with Crippen LogP contribution >= 0.6 is 0 Å². The van der Waals surface area contributed by atoms with Gasteiger partial charge in [-0.05, 0) is 41.4 Å². The predicted octanol–water partition coefficient (Wildman–Crippen LogP) is 4.10. The van der Waals surface area contributed by atoms with Crippen LogP contribution in [0.1, 0.15) is 53.9 Å². The Labute approximate surface area is 83.1 Å². The lowest BCUT2D eigenvalue weighted by Gasteiger charge is -2.33. The van der Waals surface area contributed by atoms with Crippen molar-refractivity contribution in [3.63, 3.8) is 0 Å². The number of hydrogen-bond acceptors (Lipinski definition) is 0. The molecule has 0 aliphatic heterocycles. The summed E-state index contributed by atoms with van der Waals surface area (Å²) in [7, 11) is 0. The molecular weight excluding hydrogens is 156 g/mol. The molecule has 0 aromatic carbocycles. The topological polar surface area (TPSA) is 0 Å². The highest BCUT2D eigenvalue weighted by molar-refractivity contribution is 5.11. The highest BCUT2D eigenvalue weighted by Crippen LogP contribution is 2.70. The molecule has 0 heteroatoms. The van der Waals surface area contributed by atoms with Crippen molar-refractivity contribution in [1.82, 2.24) is 0 Å². The Balaban J connectivity index is 1.97. The quantitative estimate of drug-likeness (QED) is 0.600. The maximum absolute atomic E-state index is 2.46. The lowest BCUT2D eigenvalue weighted by atomic mass is 9.73. The van der Waals surface area contributed by atoms with Gasteiger partial charge in [-0.1, -0.05) is 41.0 Å². The van der Waals surface area contributed by atoms with Gasteiger partial charge >= 0.3 is 0 Å². The van der Waals surface area contributed by atoms with Crippen LogP contribution in [-0.2, 0) is 0 Å². The van der Waals surface area contributed by atoms with Gasteiger partial charge in [-0.15, -0.1) is 0 Å². The molecule has 0 N–H and O–H groups in total. The van der Waals surface area contributed by atoms with E-state index in [1.54, 1.807) is 0 Å². The van der Waals surface area contributed by atoms with Crippen molar-refractivity contribution in [2.24, 2.45) is 28.6 Å². The van der Waals surface area contributed by atoms with Crippen LogP contribution in [0.3, 0.4) is 0 Å². The van der Waals surface area contributed by atoms with Gasteiger partial charge in [0.1, 0.15) is 0 Å². The summed E-state index contributed by atoms with van der Waals surface area (Å²) in [4.78, 5) is 0. The van der Waals surface area contributed by atoms with Crippen LogP contribution in [0.4, 0.5) is 0 Å². The average Bonchev–Trinajstić information content (AvgIpc) is 2.54. The number of fused-ring (bicyclic) bond motifs is 1. The molecule has 0 bridgehead atoms. The Kier molecular flexibility index (Phi) is 1.85. The first kappa shape index (κ1) is 9.55. The fourth-order valence-corrected chi connectivity index (χ4v) is 3.43. The molecule has 0 amide bonds. The van der Waals surface area contributed by atoms with Crippen molar-refractivity contribution < 1.29 is 0 Å². The molecule has 0 aromatic heterocycles. The fraction of sp³-hybridized carbons (Fsp3) is 1.00. The zero-order valence-corrected chi connectivity index (χ0v) is 9.85. The van der Waals surface area contributed by atoms with Crippen LogP contribution in [-0.4, -0.2) is 0 Å². The van der Waals surface area contributed by atoms with Gasteiger partial charge in [-0.2, -0.15) is 0 Å². The lowest BCUT2D eigenvalue weighted by molar-refractivity contribution is 0.174. The zero-order valence-electron chi connectivity index (χ0n) is 9.85. The molecule has 2 fully saturated rings. The first-order chi connectivity index (χ1) is 5.89. The van der Waals surface area contributed by atoms with Crippen LogP contribution < -0.4 is 0 Å². The molecule has 0 saturated heterocycles. The molecule has 2 rings (SSSR count). The van der Waals surface area contributed by atoms with E-state index in [1.165, 1.54) is 19.3 Å². The first-order valence-electron chi connectivity index (χ1n) is 5.89. The normalized spacial score (nSPS) is 41.8. The molecule has 0 nitrogen and oxygen atoms in total. The summed E-state index contributed by atoms with van der Waals surface area (Å²) in [6, 6.07) is 0. The van der Waals surface area contributed by atoms with Gasteiger partial charge in [0.25, 0.3) is 0 Å². The van der Waals surface area contributed by atoms with Crippen LogP contribution in [0.25, 0.3) is 0 Å². The summed E-state index contributed by atoms with van der Waals surface area (Å²) in [5.74, 6) is 3.16. The van der Waals surface area contributed by atoms with Gasteiger partial charge in [0.15, 0.2) is 0 Å². The third-order valence-electron chi connectivity index (χ3n) is 5.38. The van der Waals surface area contributed by atoms with Crippen LogP contribution in [0.2, 0.25) is 0 Å². The van der Waals surface area contributed by atoms with Gasteiger partial charge in [-0.3, -0.25) is 0 Å². The Bertz CT molecular complexity index is 198. The number of hydrogen-bond donors (Lipinski definition) is 0. The predicted molar refractivity (Wildman–Crippen MR) is 57.6 cm³/mol. The molecule has 0 heterocycles. The van der Waals surface area contributed by atoms with Gasteiger partial charge in [-0.25, -0.2) is 0 Å². The van der Waals surface area contributed by atoms with E-state index in [0.717, 1.165) is 17.8 Å². The van der Waals surface area contributed by atoms with Crippen LogP contribution in [0.5, 0.6) is 0 Å². The minimum absolute atomic E-state index is 0.601. The van der Waals surface area contributed by atoms with E-state index in [9.17, 15) is 0 Å². The van der Waals surface area contributed by atoms with Gasteiger partial charge in [0.2, 0.25) is 0 Å². The second-order valence-electron chi connectivity index (χ2n) is 6.54. The highest BCUT2D eigenvalue weighted by Gasteiger charge is 2.63. The van der Waals surface area contributed by atoms with Crippen molar-refractivity contribution in [2.75, 3.05) is 0 Å². The second kappa shape index (κ2) is 2.52. The maximum Gasteiger partial charge on any atom is -0.0292 e. The van der Waals surface area contributed by atoms with E-state index in [0.29, 0.717) is 10.8 Å². The first-order valence-corrected chi connectivity index (χ1v) is 5.89. The van der Waals surface area contributed by atoms with Crippen molar-refractivity contribution >= 4 is 0 Å². The van der Waals surface area contributed by atoms with Gasteiger partial charge < -0.3 is 0 Å². The molecule has 0 aromatic rings. The summed E-state index contributed by atoms with van der Waals surface area (Å²) < 4.78 is 0. The van der Waals surface area contributed by atoms with E-state index >= 15 is 0 Å². The Hall–Kier alpha value is 0. The van der Waals surface area contributed by atoms with Crippen LogP contribution in [0, 0.1) is 28.6 Å². The van der Waals surface area contributed by atoms with Crippen molar-refractivity contribution in [2.45, 2.75) is 53.9 Å². The molecule has 13 heavy (non-hydrogen) atoms. The largest absolute Gasteiger partial charge is 0.0649 e. The molecule has 76 valence electrons. The Morgan fingerprint density at radius 2 is 1.62 bits per heavy atom. The standard InChI is InChI=1S/C13H24/c1-6-12(2,3)9-7-10-11(8-9)13(10,4)5/h9-11H,6-8H2,1-5H3/t9?,10-,11+. The van der Waals surface area contributed by atoms with E-state index in [-0.39, 0.29) is 0 Å².